The highest BCUT2D eigenvalue weighted by molar-refractivity contribution is 7.13. The molecule has 156 valence electrons. The summed E-state index contributed by atoms with van der Waals surface area (Å²) in [5.74, 6) is 0.386. The summed E-state index contributed by atoms with van der Waals surface area (Å²) in [6.45, 7) is 10.3. The molecule has 3 unspecified atom stereocenters. The average Bonchev–Trinajstić information content (AvgIpc) is 3.16. The van der Waals surface area contributed by atoms with Crippen molar-refractivity contribution in [3.8, 4) is 5.88 Å². The molecule has 0 radical (unpaired) electrons. The second kappa shape index (κ2) is 8.27. The van der Waals surface area contributed by atoms with Crippen LogP contribution in [0.15, 0.2) is 0 Å². The zero-order chi connectivity index (χ0) is 20.5. The van der Waals surface area contributed by atoms with Crippen molar-refractivity contribution in [3.05, 3.63) is 9.88 Å². The van der Waals surface area contributed by atoms with Gasteiger partial charge in [0.2, 0.25) is 5.88 Å². The molecule has 1 aromatic heterocycles. The Labute approximate surface area is 170 Å². The molecular formula is C20H30N2O5S. The Kier molecular flexibility index (Phi) is 6.17. The summed E-state index contributed by atoms with van der Waals surface area (Å²) in [6, 6.07) is 0.205. The minimum atomic E-state index is -0.485. The Morgan fingerprint density at radius 2 is 2.00 bits per heavy atom. The lowest BCUT2D eigenvalue weighted by molar-refractivity contribution is 0.0122. The number of esters is 1. The lowest BCUT2D eigenvalue weighted by Gasteiger charge is -2.36. The smallest absolute Gasteiger partial charge is 0.410 e. The molecule has 1 aliphatic carbocycles. The van der Waals surface area contributed by atoms with Crippen molar-refractivity contribution >= 4 is 23.4 Å². The van der Waals surface area contributed by atoms with Gasteiger partial charge in [0.25, 0.3) is 0 Å². The Morgan fingerprint density at radius 3 is 2.68 bits per heavy atom. The first-order chi connectivity index (χ1) is 13.2. The van der Waals surface area contributed by atoms with Crippen molar-refractivity contribution < 1.29 is 23.8 Å². The van der Waals surface area contributed by atoms with E-state index < -0.39 is 5.60 Å². The number of aromatic nitrogens is 1. The number of nitrogens with zero attached hydrogens (tertiary/aromatic N) is 2. The Balaban J connectivity index is 1.62. The Bertz CT molecular complexity index is 727. The van der Waals surface area contributed by atoms with Gasteiger partial charge in [-0.1, -0.05) is 0 Å². The fourth-order valence-electron chi connectivity index (χ4n) is 4.02. The van der Waals surface area contributed by atoms with Crippen LogP contribution in [0.1, 0.15) is 68.1 Å². The largest absolute Gasteiger partial charge is 0.473 e. The molecule has 0 bridgehead atoms. The predicted octanol–water partition coefficient (Wildman–Crippen LogP) is 4.19. The fourth-order valence-corrected chi connectivity index (χ4v) is 4.77. The van der Waals surface area contributed by atoms with Crippen LogP contribution in [-0.2, 0) is 9.47 Å². The van der Waals surface area contributed by atoms with Crippen molar-refractivity contribution in [2.75, 3.05) is 13.2 Å². The third-order valence-corrected chi connectivity index (χ3v) is 6.04. The monoisotopic (exact) mass is 410 g/mol. The van der Waals surface area contributed by atoms with E-state index in [9.17, 15) is 9.59 Å². The highest BCUT2D eigenvalue weighted by Gasteiger charge is 2.43. The highest BCUT2D eigenvalue weighted by Crippen LogP contribution is 2.39. The number of carbonyl (C=O) groups is 2. The van der Waals surface area contributed by atoms with Gasteiger partial charge in [0, 0.05) is 12.6 Å². The second-order valence-corrected chi connectivity index (χ2v) is 9.63. The summed E-state index contributed by atoms with van der Waals surface area (Å²) >= 11 is 1.30. The van der Waals surface area contributed by atoms with Crippen LogP contribution in [0.3, 0.4) is 0 Å². The van der Waals surface area contributed by atoms with E-state index in [0.717, 1.165) is 37.2 Å². The Hall–Kier alpha value is -1.83. The summed E-state index contributed by atoms with van der Waals surface area (Å²) in [7, 11) is 0. The number of fused-ring (bicyclic) bond motifs is 1. The standard InChI is InChI=1S/C20H30N2O5S/c1-6-25-18(23)16-17(21-12(2)28-16)26-14-7-8-15-13(11-14)9-10-22(15)19(24)27-20(3,4)5/h13-15H,6-11H2,1-5H3. The number of rotatable bonds is 4. The molecule has 0 aromatic carbocycles. The molecule has 0 spiro atoms. The van der Waals surface area contributed by atoms with Gasteiger partial charge < -0.3 is 19.1 Å². The van der Waals surface area contributed by atoms with Gasteiger partial charge in [0.1, 0.15) is 11.7 Å². The van der Waals surface area contributed by atoms with E-state index in [1.54, 1.807) is 6.92 Å². The average molecular weight is 411 g/mol. The van der Waals surface area contributed by atoms with Crippen molar-refractivity contribution in [2.45, 2.75) is 78.0 Å². The van der Waals surface area contributed by atoms with E-state index in [-0.39, 0.29) is 24.2 Å². The number of aryl methyl sites for hydroxylation is 1. The zero-order valence-electron chi connectivity index (χ0n) is 17.3. The maximum atomic E-state index is 12.5. The van der Waals surface area contributed by atoms with Gasteiger partial charge in [-0.2, -0.15) is 0 Å². The number of hydrogen-bond donors (Lipinski definition) is 0. The van der Waals surface area contributed by atoms with E-state index in [1.165, 1.54) is 11.3 Å². The van der Waals surface area contributed by atoms with Crippen LogP contribution in [0.2, 0.25) is 0 Å². The predicted molar refractivity (Wildman–Crippen MR) is 106 cm³/mol. The molecular weight excluding hydrogens is 380 g/mol. The topological polar surface area (TPSA) is 78.0 Å². The Morgan fingerprint density at radius 1 is 1.25 bits per heavy atom. The van der Waals surface area contributed by atoms with Crippen molar-refractivity contribution in [3.63, 3.8) is 0 Å². The normalized spacial score (nSPS) is 24.6. The minimum absolute atomic E-state index is 0.00508. The molecule has 1 amide bonds. The molecule has 2 fully saturated rings. The number of ether oxygens (including phenoxy) is 3. The molecule has 3 rings (SSSR count). The third-order valence-electron chi connectivity index (χ3n) is 5.11. The third kappa shape index (κ3) is 4.77. The van der Waals surface area contributed by atoms with Gasteiger partial charge in [-0.25, -0.2) is 14.6 Å². The molecule has 28 heavy (non-hydrogen) atoms. The van der Waals surface area contributed by atoms with Gasteiger partial charge in [-0.05, 0) is 66.2 Å². The number of amides is 1. The molecule has 3 atom stereocenters. The number of carbonyl (C=O) groups excluding carboxylic acids is 2. The number of likely N-dealkylation sites (tertiary alicyclic amines) is 1. The van der Waals surface area contributed by atoms with Gasteiger partial charge in [-0.3, -0.25) is 0 Å². The molecule has 8 heteroatoms. The SMILES string of the molecule is CCOC(=O)c1sc(C)nc1OC1CCC2C(CCN2C(=O)OC(C)(C)C)C1. The van der Waals surface area contributed by atoms with Crippen LogP contribution in [-0.4, -0.2) is 52.8 Å². The summed E-state index contributed by atoms with van der Waals surface area (Å²) in [4.78, 5) is 31.3. The first-order valence-electron chi connectivity index (χ1n) is 9.98. The molecule has 2 aliphatic rings. The van der Waals surface area contributed by atoms with Crippen LogP contribution >= 0.6 is 11.3 Å². The number of hydrogen-bond acceptors (Lipinski definition) is 7. The molecule has 1 saturated carbocycles. The van der Waals surface area contributed by atoms with Crippen LogP contribution in [0.25, 0.3) is 0 Å². The summed E-state index contributed by atoms with van der Waals surface area (Å²) in [5.41, 5.74) is -0.485. The van der Waals surface area contributed by atoms with E-state index in [2.05, 4.69) is 4.98 Å². The summed E-state index contributed by atoms with van der Waals surface area (Å²) in [5, 5.41) is 0.781. The van der Waals surface area contributed by atoms with E-state index in [1.807, 2.05) is 32.6 Å². The van der Waals surface area contributed by atoms with Crippen LogP contribution in [0, 0.1) is 12.8 Å². The molecule has 1 aromatic rings. The first kappa shape index (κ1) is 20.9. The van der Waals surface area contributed by atoms with E-state index in [4.69, 9.17) is 14.2 Å². The van der Waals surface area contributed by atoms with Gasteiger partial charge in [-0.15, -0.1) is 11.3 Å². The van der Waals surface area contributed by atoms with Crippen LogP contribution in [0.4, 0.5) is 4.79 Å². The van der Waals surface area contributed by atoms with Crippen LogP contribution < -0.4 is 4.74 Å². The van der Waals surface area contributed by atoms with Crippen molar-refractivity contribution in [2.24, 2.45) is 5.92 Å². The molecule has 2 heterocycles. The minimum Gasteiger partial charge on any atom is -0.473 e. The molecule has 1 saturated heterocycles. The second-order valence-electron chi connectivity index (χ2n) is 8.43. The van der Waals surface area contributed by atoms with Gasteiger partial charge in [0.05, 0.1) is 11.6 Å². The molecule has 7 nitrogen and oxygen atoms in total. The van der Waals surface area contributed by atoms with Crippen LogP contribution in [0.5, 0.6) is 5.88 Å². The first-order valence-corrected chi connectivity index (χ1v) is 10.8. The summed E-state index contributed by atoms with van der Waals surface area (Å²) in [6.07, 6.45) is 3.26. The maximum Gasteiger partial charge on any atom is 0.410 e. The lowest BCUT2D eigenvalue weighted by Crippen LogP contribution is -2.44. The van der Waals surface area contributed by atoms with Crippen molar-refractivity contribution in [1.82, 2.24) is 9.88 Å². The lowest BCUT2D eigenvalue weighted by atomic mass is 9.83. The van der Waals surface area contributed by atoms with E-state index >= 15 is 0 Å². The summed E-state index contributed by atoms with van der Waals surface area (Å²) < 4.78 is 16.8. The van der Waals surface area contributed by atoms with Crippen molar-refractivity contribution in [1.29, 1.82) is 0 Å². The number of thiazole rings is 1. The van der Waals surface area contributed by atoms with Gasteiger partial charge in [0.15, 0.2) is 4.88 Å². The highest BCUT2D eigenvalue weighted by atomic mass is 32.1. The molecule has 0 N–H and O–H groups in total. The van der Waals surface area contributed by atoms with E-state index in [0.29, 0.717) is 23.3 Å². The molecule has 1 aliphatic heterocycles. The maximum absolute atomic E-state index is 12.5. The quantitative estimate of drug-likeness (QED) is 0.693. The zero-order valence-corrected chi connectivity index (χ0v) is 18.1. The fraction of sp³-hybridized carbons (Fsp3) is 0.750. The van der Waals surface area contributed by atoms with Gasteiger partial charge >= 0.3 is 12.1 Å².